The molecule has 0 aromatic heterocycles. The molecule has 0 aromatic rings. The highest BCUT2D eigenvalue weighted by atomic mass is 16.5. The number of piperidine rings is 1. The van der Waals surface area contributed by atoms with Gasteiger partial charge in [0.2, 0.25) is 5.91 Å². The average Bonchev–Trinajstić information content (AvgIpc) is 2.37. The molecule has 1 aliphatic rings. The van der Waals surface area contributed by atoms with Crippen molar-refractivity contribution in [3.8, 4) is 0 Å². The lowest BCUT2D eigenvalue weighted by Gasteiger charge is -2.32. The van der Waals surface area contributed by atoms with Gasteiger partial charge in [-0.2, -0.15) is 0 Å². The Morgan fingerprint density at radius 2 is 2.11 bits per heavy atom. The molecule has 0 bridgehead atoms. The van der Waals surface area contributed by atoms with Crippen molar-refractivity contribution >= 4 is 5.91 Å². The van der Waals surface area contributed by atoms with Crippen molar-refractivity contribution in [1.82, 2.24) is 15.5 Å². The minimum Gasteiger partial charge on any atom is -0.383 e. The summed E-state index contributed by atoms with van der Waals surface area (Å²) in [6.07, 6.45) is 3.36. The summed E-state index contributed by atoms with van der Waals surface area (Å²) in [5.74, 6) is 0.0973. The first-order chi connectivity index (χ1) is 8.76. The third kappa shape index (κ3) is 6.33. The number of nitrogens with zero attached hydrogens (tertiary/aromatic N) is 1. The highest BCUT2D eigenvalue weighted by molar-refractivity contribution is 5.78. The van der Waals surface area contributed by atoms with Gasteiger partial charge >= 0.3 is 0 Å². The SMILES string of the molecule is CCCN1CCC(NC(=O)CNCCOC)CC1. The van der Waals surface area contributed by atoms with Gasteiger partial charge in [-0.3, -0.25) is 4.79 Å². The third-order valence-electron chi connectivity index (χ3n) is 3.26. The topological polar surface area (TPSA) is 53.6 Å². The van der Waals surface area contributed by atoms with Crippen LogP contribution in [-0.2, 0) is 9.53 Å². The number of rotatable bonds is 8. The van der Waals surface area contributed by atoms with Crippen LogP contribution in [0.2, 0.25) is 0 Å². The number of methoxy groups -OCH3 is 1. The van der Waals surface area contributed by atoms with E-state index in [-0.39, 0.29) is 5.91 Å². The van der Waals surface area contributed by atoms with E-state index in [2.05, 4.69) is 22.5 Å². The van der Waals surface area contributed by atoms with Crippen LogP contribution in [0, 0.1) is 0 Å². The molecule has 5 nitrogen and oxygen atoms in total. The number of hydrogen-bond donors (Lipinski definition) is 2. The van der Waals surface area contributed by atoms with Crippen molar-refractivity contribution < 1.29 is 9.53 Å². The van der Waals surface area contributed by atoms with Crippen molar-refractivity contribution in [3.05, 3.63) is 0 Å². The lowest BCUT2D eigenvalue weighted by atomic mass is 10.0. The molecular formula is C13H27N3O2. The summed E-state index contributed by atoms with van der Waals surface area (Å²) >= 11 is 0. The molecule has 0 unspecified atom stereocenters. The van der Waals surface area contributed by atoms with Gasteiger partial charge in [-0.1, -0.05) is 6.92 Å². The van der Waals surface area contributed by atoms with Crippen LogP contribution in [0.15, 0.2) is 0 Å². The quantitative estimate of drug-likeness (QED) is 0.611. The Hall–Kier alpha value is -0.650. The zero-order valence-corrected chi connectivity index (χ0v) is 11.7. The van der Waals surface area contributed by atoms with Gasteiger partial charge in [-0.05, 0) is 25.8 Å². The number of nitrogens with one attached hydrogen (secondary N) is 2. The molecule has 1 heterocycles. The number of amides is 1. The molecule has 0 saturated carbocycles. The van der Waals surface area contributed by atoms with Crippen LogP contribution in [0.4, 0.5) is 0 Å². The molecule has 2 N–H and O–H groups in total. The fourth-order valence-electron chi connectivity index (χ4n) is 2.27. The fourth-order valence-corrected chi connectivity index (χ4v) is 2.27. The van der Waals surface area contributed by atoms with E-state index < -0.39 is 0 Å². The van der Waals surface area contributed by atoms with E-state index in [9.17, 15) is 4.79 Å². The van der Waals surface area contributed by atoms with Crippen LogP contribution in [0.5, 0.6) is 0 Å². The zero-order valence-electron chi connectivity index (χ0n) is 11.7. The van der Waals surface area contributed by atoms with Crippen LogP contribution in [0.1, 0.15) is 26.2 Å². The Morgan fingerprint density at radius 1 is 1.39 bits per heavy atom. The van der Waals surface area contributed by atoms with Crippen molar-refractivity contribution in [3.63, 3.8) is 0 Å². The highest BCUT2D eigenvalue weighted by Crippen LogP contribution is 2.10. The first-order valence-electron chi connectivity index (χ1n) is 6.97. The maximum atomic E-state index is 11.7. The van der Waals surface area contributed by atoms with E-state index in [0.29, 0.717) is 19.2 Å². The molecule has 1 saturated heterocycles. The number of likely N-dealkylation sites (tertiary alicyclic amines) is 1. The summed E-state index contributed by atoms with van der Waals surface area (Å²) in [6, 6.07) is 0.356. The van der Waals surface area contributed by atoms with E-state index in [1.165, 1.54) is 13.0 Å². The Morgan fingerprint density at radius 3 is 2.72 bits per heavy atom. The smallest absolute Gasteiger partial charge is 0.234 e. The summed E-state index contributed by atoms with van der Waals surface area (Å²) < 4.78 is 4.91. The standard InChI is InChI=1S/C13H27N3O2/c1-3-7-16-8-4-12(5-9-16)15-13(17)11-14-6-10-18-2/h12,14H,3-11H2,1-2H3,(H,15,17). The van der Waals surface area contributed by atoms with Gasteiger partial charge in [0.1, 0.15) is 0 Å². The molecule has 5 heteroatoms. The van der Waals surface area contributed by atoms with Crippen LogP contribution in [0.3, 0.4) is 0 Å². The minimum atomic E-state index is 0.0973. The predicted octanol–water partition coefficient (Wildman–Crippen LogP) is 0.213. The summed E-state index contributed by atoms with van der Waals surface area (Å²) in [6.45, 7) is 7.35. The van der Waals surface area contributed by atoms with Crippen molar-refractivity contribution in [1.29, 1.82) is 0 Å². The molecule has 0 spiro atoms. The molecule has 18 heavy (non-hydrogen) atoms. The summed E-state index contributed by atoms with van der Waals surface area (Å²) in [5.41, 5.74) is 0. The van der Waals surface area contributed by atoms with E-state index >= 15 is 0 Å². The number of ether oxygens (including phenoxy) is 1. The number of carbonyl (C=O) groups excluding carboxylic acids is 1. The van der Waals surface area contributed by atoms with E-state index in [1.54, 1.807) is 7.11 Å². The second kappa shape index (κ2) is 9.30. The average molecular weight is 257 g/mol. The third-order valence-corrected chi connectivity index (χ3v) is 3.26. The van der Waals surface area contributed by atoms with Gasteiger partial charge < -0.3 is 20.3 Å². The Balaban J connectivity index is 2.07. The van der Waals surface area contributed by atoms with Gasteiger partial charge in [0.25, 0.3) is 0 Å². The number of hydrogen-bond acceptors (Lipinski definition) is 4. The number of carbonyl (C=O) groups is 1. The predicted molar refractivity (Wildman–Crippen MR) is 72.6 cm³/mol. The van der Waals surface area contributed by atoms with Crippen LogP contribution in [0.25, 0.3) is 0 Å². The fraction of sp³-hybridized carbons (Fsp3) is 0.923. The van der Waals surface area contributed by atoms with Crippen LogP contribution in [-0.4, -0.2) is 63.3 Å². The van der Waals surface area contributed by atoms with Crippen LogP contribution < -0.4 is 10.6 Å². The summed E-state index contributed by atoms with van der Waals surface area (Å²) in [4.78, 5) is 14.1. The molecule has 1 rings (SSSR count). The maximum Gasteiger partial charge on any atom is 0.234 e. The molecule has 0 aliphatic carbocycles. The molecule has 1 aliphatic heterocycles. The van der Waals surface area contributed by atoms with E-state index in [4.69, 9.17) is 4.74 Å². The molecule has 0 radical (unpaired) electrons. The van der Waals surface area contributed by atoms with Crippen LogP contribution >= 0.6 is 0 Å². The molecule has 1 amide bonds. The molecular weight excluding hydrogens is 230 g/mol. The summed E-state index contributed by atoms with van der Waals surface area (Å²) in [5, 5.41) is 6.15. The monoisotopic (exact) mass is 257 g/mol. The van der Waals surface area contributed by atoms with Gasteiger partial charge in [-0.15, -0.1) is 0 Å². The molecule has 106 valence electrons. The van der Waals surface area contributed by atoms with Crippen molar-refractivity contribution in [2.75, 3.05) is 46.4 Å². The molecule has 1 fully saturated rings. The normalized spacial score (nSPS) is 17.9. The zero-order chi connectivity index (χ0) is 13.2. The van der Waals surface area contributed by atoms with Crippen molar-refractivity contribution in [2.45, 2.75) is 32.2 Å². The van der Waals surface area contributed by atoms with Gasteiger partial charge in [0, 0.05) is 32.8 Å². The first-order valence-corrected chi connectivity index (χ1v) is 6.97. The Kier molecular flexibility index (Phi) is 7.96. The summed E-state index contributed by atoms with van der Waals surface area (Å²) in [7, 11) is 1.66. The lowest BCUT2D eigenvalue weighted by molar-refractivity contribution is -0.121. The molecule has 0 atom stereocenters. The van der Waals surface area contributed by atoms with Crippen molar-refractivity contribution in [2.24, 2.45) is 0 Å². The maximum absolute atomic E-state index is 11.7. The van der Waals surface area contributed by atoms with Gasteiger partial charge in [0.15, 0.2) is 0 Å². The first kappa shape index (κ1) is 15.4. The van der Waals surface area contributed by atoms with E-state index in [1.807, 2.05) is 0 Å². The second-order valence-corrected chi connectivity index (χ2v) is 4.85. The largest absolute Gasteiger partial charge is 0.383 e. The Bertz CT molecular complexity index is 228. The highest BCUT2D eigenvalue weighted by Gasteiger charge is 2.19. The lowest BCUT2D eigenvalue weighted by Crippen LogP contribution is -2.47. The van der Waals surface area contributed by atoms with Gasteiger partial charge in [0.05, 0.1) is 13.2 Å². The Labute approximate surface area is 110 Å². The minimum absolute atomic E-state index is 0.0973. The van der Waals surface area contributed by atoms with E-state index in [0.717, 1.165) is 32.5 Å². The second-order valence-electron chi connectivity index (χ2n) is 4.85. The van der Waals surface area contributed by atoms with Gasteiger partial charge in [-0.25, -0.2) is 0 Å². The molecule has 0 aromatic carbocycles.